The first kappa shape index (κ1) is 23.1. The van der Waals surface area contributed by atoms with Gasteiger partial charge in [-0.25, -0.2) is 0 Å². The van der Waals surface area contributed by atoms with E-state index >= 15 is 0 Å². The molecule has 0 aliphatic carbocycles. The SMILES string of the molecule is COCCCNC(=O)C(=O)Nc1cccc(NC(=O)C(=O)NCCCOC)c1. The molecule has 28 heavy (non-hydrogen) atoms. The zero-order valence-electron chi connectivity index (χ0n) is 16.0. The molecule has 1 aromatic rings. The molecular formula is C18H26N4O6. The largest absolute Gasteiger partial charge is 0.385 e. The van der Waals surface area contributed by atoms with Crippen LogP contribution in [0, 0.1) is 0 Å². The van der Waals surface area contributed by atoms with E-state index in [9.17, 15) is 19.2 Å². The molecule has 0 atom stereocenters. The third-order valence-corrected chi connectivity index (χ3v) is 3.41. The van der Waals surface area contributed by atoms with E-state index < -0.39 is 23.6 Å². The van der Waals surface area contributed by atoms with E-state index in [1.165, 1.54) is 6.07 Å². The zero-order chi connectivity index (χ0) is 20.8. The first-order valence-corrected chi connectivity index (χ1v) is 8.74. The molecule has 10 heteroatoms. The molecule has 0 aliphatic rings. The Hall–Kier alpha value is -2.98. The smallest absolute Gasteiger partial charge is 0.313 e. The van der Waals surface area contributed by atoms with Crippen molar-refractivity contribution in [3.8, 4) is 0 Å². The Labute approximate surface area is 163 Å². The van der Waals surface area contributed by atoms with Crippen LogP contribution in [-0.4, -0.2) is 64.2 Å². The van der Waals surface area contributed by atoms with Crippen molar-refractivity contribution < 1.29 is 28.7 Å². The van der Waals surface area contributed by atoms with E-state index in [0.29, 0.717) is 50.5 Å². The summed E-state index contributed by atoms with van der Waals surface area (Å²) in [5, 5.41) is 9.78. The van der Waals surface area contributed by atoms with Crippen molar-refractivity contribution in [1.29, 1.82) is 0 Å². The number of nitrogens with one attached hydrogen (secondary N) is 4. The summed E-state index contributed by atoms with van der Waals surface area (Å²) in [6.07, 6.45) is 1.18. The van der Waals surface area contributed by atoms with Gasteiger partial charge in [0.1, 0.15) is 0 Å². The predicted molar refractivity (Wildman–Crippen MR) is 103 cm³/mol. The summed E-state index contributed by atoms with van der Waals surface area (Å²) in [7, 11) is 3.09. The fraction of sp³-hybridized carbons (Fsp3) is 0.444. The van der Waals surface area contributed by atoms with Crippen LogP contribution < -0.4 is 21.3 Å². The van der Waals surface area contributed by atoms with Gasteiger partial charge in [-0.2, -0.15) is 0 Å². The molecule has 0 spiro atoms. The predicted octanol–water partition coefficient (Wildman–Crippen LogP) is -0.131. The average Bonchev–Trinajstić information content (AvgIpc) is 2.68. The van der Waals surface area contributed by atoms with Crippen LogP contribution >= 0.6 is 0 Å². The minimum atomic E-state index is -0.836. The summed E-state index contributed by atoms with van der Waals surface area (Å²) >= 11 is 0. The lowest BCUT2D eigenvalue weighted by atomic mass is 10.2. The molecule has 0 saturated heterocycles. The quantitative estimate of drug-likeness (QED) is 0.323. The van der Waals surface area contributed by atoms with Crippen LogP contribution in [0.1, 0.15) is 12.8 Å². The molecule has 4 N–H and O–H groups in total. The number of carbonyl (C=O) groups is 4. The Morgan fingerprint density at radius 3 is 1.57 bits per heavy atom. The van der Waals surface area contributed by atoms with Gasteiger partial charge in [-0.05, 0) is 31.0 Å². The maximum absolute atomic E-state index is 11.9. The maximum atomic E-state index is 11.9. The van der Waals surface area contributed by atoms with Crippen molar-refractivity contribution in [3.63, 3.8) is 0 Å². The van der Waals surface area contributed by atoms with E-state index in [4.69, 9.17) is 9.47 Å². The molecule has 154 valence electrons. The van der Waals surface area contributed by atoms with E-state index in [1.807, 2.05) is 0 Å². The van der Waals surface area contributed by atoms with Crippen molar-refractivity contribution in [1.82, 2.24) is 10.6 Å². The highest BCUT2D eigenvalue weighted by atomic mass is 16.5. The van der Waals surface area contributed by atoms with Gasteiger partial charge in [0, 0.05) is 51.9 Å². The summed E-state index contributed by atoms with van der Waals surface area (Å²) < 4.78 is 9.71. The van der Waals surface area contributed by atoms with Gasteiger partial charge in [0.15, 0.2) is 0 Å². The zero-order valence-corrected chi connectivity index (χ0v) is 16.0. The number of benzene rings is 1. The monoisotopic (exact) mass is 394 g/mol. The normalized spacial score (nSPS) is 10.1. The molecular weight excluding hydrogens is 368 g/mol. The number of methoxy groups -OCH3 is 2. The van der Waals surface area contributed by atoms with Gasteiger partial charge in [-0.3, -0.25) is 19.2 Å². The van der Waals surface area contributed by atoms with Crippen LogP contribution in [0.4, 0.5) is 11.4 Å². The molecule has 10 nitrogen and oxygen atoms in total. The Balaban J connectivity index is 2.50. The van der Waals surface area contributed by atoms with E-state index in [2.05, 4.69) is 21.3 Å². The number of amides is 4. The van der Waals surface area contributed by atoms with Gasteiger partial charge < -0.3 is 30.7 Å². The van der Waals surface area contributed by atoms with Gasteiger partial charge in [0.05, 0.1) is 0 Å². The number of hydrogen-bond acceptors (Lipinski definition) is 6. The van der Waals surface area contributed by atoms with Crippen molar-refractivity contribution in [2.45, 2.75) is 12.8 Å². The highest BCUT2D eigenvalue weighted by Gasteiger charge is 2.15. The molecule has 0 heterocycles. The lowest BCUT2D eigenvalue weighted by Gasteiger charge is -2.09. The van der Waals surface area contributed by atoms with Gasteiger partial charge >= 0.3 is 23.6 Å². The van der Waals surface area contributed by atoms with E-state index in [-0.39, 0.29) is 0 Å². The maximum Gasteiger partial charge on any atom is 0.313 e. The molecule has 0 saturated carbocycles. The lowest BCUT2D eigenvalue weighted by Crippen LogP contribution is -2.36. The van der Waals surface area contributed by atoms with Crippen molar-refractivity contribution >= 4 is 35.0 Å². The first-order chi connectivity index (χ1) is 13.5. The molecule has 0 aromatic heterocycles. The molecule has 0 radical (unpaired) electrons. The van der Waals surface area contributed by atoms with Crippen molar-refractivity contribution in [2.24, 2.45) is 0 Å². The third kappa shape index (κ3) is 9.10. The fourth-order valence-electron chi connectivity index (χ4n) is 2.05. The van der Waals surface area contributed by atoms with Crippen LogP contribution in [0.2, 0.25) is 0 Å². The molecule has 0 aliphatic heterocycles. The second-order valence-electron chi connectivity index (χ2n) is 5.69. The Bertz CT molecular complexity index is 627. The van der Waals surface area contributed by atoms with Gasteiger partial charge in [-0.1, -0.05) is 6.07 Å². The summed E-state index contributed by atoms with van der Waals surface area (Å²) in [6, 6.07) is 6.11. The van der Waals surface area contributed by atoms with E-state index in [0.717, 1.165) is 0 Å². The van der Waals surface area contributed by atoms with Crippen molar-refractivity contribution in [2.75, 3.05) is 51.2 Å². The van der Waals surface area contributed by atoms with Crippen molar-refractivity contribution in [3.05, 3.63) is 24.3 Å². The first-order valence-electron chi connectivity index (χ1n) is 8.74. The number of anilines is 2. The number of rotatable bonds is 10. The summed E-state index contributed by atoms with van der Waals surface area (Å²) in [5.74, 6) is -3.23. The third-order valence-electron chi connectivity index (χ3n) is 3.41. The molecule has 1 rings (SSSR count). The summed E-state index contributed by atoms with van der Waals surface area (Å²) in [5.41, 5.74) is 0.602. The van der Waals surface area contributed by atoms with Gasteiger partial charge in [0.25, 0.3) is 0 Å². The standard InChI is InChI=1S/C18H26N4O6/c1-27-10-4-8-19-15(23)17(25)21-13-6-3-7-14(12-13)22-18(26)16(24)20-9-5-11-28-2/h3,6-7,12H,4-5,8-11H2,1-2H3,(H,19,23)(H,20,24)(H,21,25)(H,22,26). The topological polar surface area (TPSA) is 135 Å². The fourth-order valence-corrected chi connectivity index (χ4v) is 2.05. The highest BCUT2D eigenvalue weighted by Crippen LogP contribution is 2.15. The summed E-state index contributed by atoms with van der Waals surface area (Å²) in [6.45, 7) is 1.58. The van der Waals surface area contributed by atoms with E-state index in [1.54, 1.807) is 32.4 Å². The number of carbonyl (C=O) groups excluding carboxylic acids is 4. The molecule has 0 unspecified atom stereocenters. The minimum absolute atomic E-state index is 0.301. The molecule has 0 fully saturated rings. The molecule has 1 aromatic carbocycles. The molecule has 0 bridgehead atoms. The van der Waals surface area contributed by atoms with Gasteiger partial charge in [-0.15, -0.1) is 0 Å². The Morgan fingerprint density at radius 2 is 1.18 bits per heavy atom. The van der Waals surface area contributed by atoms with Crippen LogP contribution in [0.3, 0.4) is 0 Å². The van der Waals surface area contributed by atoms with Crippen LogP contribution in [0.25, 0.3) is 0 Å². The van der Waals surface area contributed by atoms with Crippen LogP contribution in [0.5, 0.6) is 0 Å². The van der Waals surface area contributed by atoms with Crippen LogP contribution in [-0.2, 0) is 28.7 Å². The molecule has 4 amide bonds. The Morgan fingerprint density at radius 1 is 0.750 bits per heavy atom. The Kier molecular flexibility index (Phi) is 10.9. The second kappa shape index (κ2) is 13.2. The second-order valence-corrected chi connectivity index (χ2v) is 5.69. The van der Waals surface area contributed by atoms with Gasteiger partial charge in [0.2, 0.25) is 0 Å². The number of hydrogen-bond donors (Lipinski definition) is 4. The number of ether oxygens (including phenoxy) is 2. The van der Waals surface area contributed by atoms with Crippen LogP contribution in [0.15, 0.2) is 24.3 Å². The average molecular weight is 394 g/mol. The lowest BCUT2D eigenvalue weighted by molar-refractivity contribution is -0.136. The highest BCUT2D eigenvalue weighted by molar-refractivity contribution is 6.40. The summed E-state index contributed by atoms with van der Waals surface area (Å²) in [4.78, 5) is 47.2. The minimum Gasteiger partial charge on any atom is -0.385 e.